The summed E-state index contributed by atoms with van der Waals surface area (Å²) < 4.78 is 2.02. The molecule has 1 aromatic carbocycles. The molecule has 146 valence electrons. The summed E-state index contributed by atoms with van der Waals surface area (Å²) in [5.74, 6) is -0.0962. The number of aromatic nitrogens is 4. The van der Waals surface area contributed by atoms with Crippen molar-refractivity contribution in [1.82, 2.24) is 24.8 Å². The Morgan fingerprint density at radius 3 is 2.97 bits per heavy atom. The molecule has 0 saturated carbocycles. The number of amides is 1. The molecule has 3 aromatic rings. The van der Waals surface area contributed by atoms with Crippen LogP contribution in [0.4, 0.5) is 5.95 Å². The van der Waals surface area contributed by atoms with Gasteiger partial charge in [-0.05, 0) is 31.5 Å². The fourth-order valence-electron chi connectivity index (χ4n) is 3.53. The molecular weight excluding hydrogens is 366 g/mol. The van der Waals surface area contributed by atoms with Crippen LogP contribution in [-0.4, -0.2) is 38.0 Å². The van der Waals surface area contributed by atoms with Gasteiger partial charge in [0.25, 0.3) is 0 Å². The number of nitriles is 1. The molecule has 3 heterocycles. The molecule has 0 bridgehead atoms. The van der Waals surface area contributed by atoms with Gasteiger partial charge in [0.1, 0.15) is 17.8 Å². The highest BCUT2D eigenvalue weighted by molar-refractivity contribution is 5.95. The number of hydrogen-bond acceptors (Lipinski definition) is 6. The zero-order chi connectivity index (χ0) is 20.4. The smallest absolute Gasteiger partial charge is 0.247 e. The summed E-state index contributed by atoms with van der Waals surface area (Å²) in [7, 11) is 0. The number of para-hydroxylation sites is 2. The number of nitrogens with one attached hydrogen (secondary N) is 2. The zero-order valence-electron chi connectivity index (χ0n) is 16.3. The van der Waals surface area contributed by atoms with Crippen LogP contribution in [0.3, 0.4) is 0 Å². The van der Waals surface area contributed by atoms with Gasteiger partial charge in [-0.15, -0.1) is 0 Å². The van der Waals surface area contributed by atoms with Crippen LogP contribution in [0.2, 0.25) is 0 Å². The quantitative estimate of drug-likeness (QED) is 0.650. The number of hydrogen-bond donors (Lipinski definition) is 2. The van der Waals surface area contributed by atoms with Crippen molar-refractivity contribution in [2.45, 2.75) is 32.4 Å². The molecule has 0 saturated heterocycles. The van der Waals surface area contributed by atoms with Crippen molar-refractivity contribution in [3.05, 3.63) is 59.7 Å². The largest absolute Gasteiger partial charge is 0.327 e. The first-order valence-corrected chi connectivity index (χ1v) is 9.51. The van der Waals surface area contributed by atoms with Crippen LogP contribution in [0.5, 0.6) is 0 Å². The van der Waals surface area contributed by atoms with Crippen LogP contribution in [0.1, 0.15) is 29.9 Å². The van der Waals surface area contributed by atoms with Gasteiger partial charge in [0, 0.05) is 19.3 Å². The fourth-order valence-corrected chi connectivity index (χ4v) is 3.53. The second kappa shape index (κ2) is 7.81. The molecule has 2 atom stereocenters. The molecule has 2 N–H and O–H groups in total. The number of carbonyl (C=O) groups excluding carboxylic acids is 1. The molecule has 1 unspecified atom stereocenters. The van der Waals surface area contributed by atoms with E-state index in [9.17, 15) is 10.1 Å². The SMILES string of the molecule is CCn1c(C(C#N)c2nc(NC(=O)[C@@H]3C=CCN3)ncc2C)nc2ccccc21. The van der Waals surface area contributed by atoms with Crippen LogP contribution in [0.15, 0.2) is 42.6 Å². The topological polar surface area (TPSA) is 109 Å². The third-order valence-corrected chi connectivity index (χ3v) is 4.97. The van der Waals surface area contributed by atoms with Gasteiger partial charge in [0.05, 0.1) is 22.8 Å². The summed E-state index contributed by atoms with van der Waals surface area (Å²) in [6.45, 7) is 5.21. The molecule has 29 heavy (non-hydrogen) atoms. The van der Waals surface area contributed by atoms with Crippen molar-refractivity contribution >= 4 is 22.9 Å². The molecular formula is C21H21N7O. The van der Waals surface area contributed by atoms with Gasteiger partial charge in [0.15, 0.2) is 0 Å². The average Bonchev–Trinajstić information content (AvgIpc) is 3.38. The lowest BCUT2D eigenvalue weighted by atomic mass is 10.0. The van der Waals surface area contributed by atoms with Gasteiger partial charge >= 0.3 is 0 Å². The van der Waals surface area contributed by atoms with E-state index in [1.165, 1.54) is 0 Å². The van der Waals surface area contributed by atoms with E-state index in [2.05, 4.69) is 26.7 Å². The van der Waals surface area contributed by atoms with Gasteiger partial charge in [-0.25, -0.2) is 15.0 Å². The van der Waals surface area contributed by atoms with E-state index < -0.39 is 12.0 Å². The van der Waals surface area contributed by atoms with Crippen LogP contribution >= 0.6 is 0 Å². The summed E-state index contributed by atoms with van der Waals surface area (Å²) >= 11 is 0. The van der Waals surface area contributed by atoms with Crippen molar-refractivity contribution in [2.75, 3.05) is 11.9 Å². The first-order chi connectivity index (χ1) is 14.1. The summed E-state index contributed by atoms with van der Waals surface area (Å²) in [4.78, 5) is 25.8. The number of fused-ring (bicyclic) bond motifs is 1. The Bertz CT molecular complexity index is 1140. The highest BCUT2D eigenvalue weighted by Crippen LogP contribution is 2.28. The summed E-state index contributed by atoms with van der Waals surface area (Å²) in [5, 5.41) is 15.8. The van der Waals surface area contributed by atoms with E-state index in [0.717, 1.165) is 16.6 Å². The maximum absolute atomic E-state index is 12.4. The minimum Gasteiger partial charge on any atom is -0.327 e. The first kappa shape index (κ1) is 18.8. The molecule has 8 heteroatoms. The third-order valence-electron chi connectivity index (χ3n) is 4.97. The van der Waals surface area contributed by atoms with E-state index in [1.54, 1.807) is 12.3 Å². The Kier molecular flexibility index (Phi) is 5.06. The molecule has 0 spiro atoms. The molecule has 4 rings (SSSR count). The van der Waals surface area contributed by atoms with Gasteiger partial charge in [-0.2, -0.15) is 5.26 Å². The minimum absolute atomic E-state index is 0.178. The van der Waals surface area contributed by atoms with E-state index in [0.29, 0.717) is 24.6 Å². The van der Waals surface area contributed by atoms with Crippen molar-refractivity contribution < 1.29 is 4.79 Å². The summed E-state index contributed by atoms with van der Waals surface area (Å²) in [5.41, 5.74) is 3.12. The monoisotopic (exact) mass is 387 g/mol. The summed E-state index contributed by atoms with van der Waals surface area (Å²) in [6.07, 6.45) is 5.32. The molecule has 1 aliphatic heterocycles. The lowest BCUT2D eigenvalue weighted by molar-refractivity contribution is -0.117. The van der Waals surface area contributed by atoms with E-state index in [-0.39, 0.29) is 11.9 Å². The van der Waals surface area contributed by atoms with Crippen molar-refractivity contribution in [3.8, 4) is 6.07 Å². The van der Waals surface area contributed by atoms with Crippen molar-refractivity contribution in [2.24, 2.45) is 0 Å². The Labute approximate surface area is 168 Å². The summed E-state index contributed by atoms with van der Waals surface area (Å²) in [6, 6.07) is 9.74. The molecule has 0 fully saturated rings. The number of nitrogens with zero attached hydrogens (tertiary/aromatic N) is 5. The second-order valence-electron chi connectivity index (χ2n) is 6.83. The standard InChI is InChI=1S/C21H21N7O/c1-3-28-17-9-5-4-7-15(17)25-19(28)14(11-22)18-13(2)12-24-21(26-18)27-20(29)16-8-6-10-23-16/h4-9,12,14,16,23H,3,10H2,1-2H3,(H,24,26,27,29)/t14?,16-/m0/s1. The number of carbonyl (C=O) groups is 1. The number of imidazole rings is 1. The Balaban J connectivity index is 1.72. The van der Waals surface area contributed by atoms with Crippen molar-refractivity contribution in [1.29, 1.82) is 5.26 Å². The maximum atomic E-state index is 12.4. The van der Waals surface area contributed by atoms with E-state index in [1.807, 2.05) is 48.8 Å². The van der Waals surface area contributed by atoms with Gasteiger partial charge in [0.2, 0.25) is 11.9 Å². The number of benzene rings is 1. The molecule has 0 aliphatic carbocycles. The van der Waals surface area contributed by atoms with Gasteiger partial charge in [-0.3, -0.25) is 15.4 Å². The van der Waals surface area contributed by atoms with Crippen LogP contribution in [0.25, 0.3) is 11.0 Å². The Morgan fingerprint density at radius 2 is 2.24 bits per heavy atom. The van der Waals surface area contributed by atoms with Gasteiger partial charge < -0.3 is 4.57 Å². The fraction of sp³-hybridized carbons (Fsp3) is 0.286. The van der Waals surface area contributed by atoms with Crippen molar-refractivity contribution in [3.63, 3.8) is 0 Å². The van der Waals surface area contributed by atoms with Crippen LogP contribution in [0, 0.1) is 18.3 Å². The predicted octanol–water partition coefficient (Wildman–Crippen LogP) is 2.28. The zero-order valence-corrected chi connectivity index (χ0v) is 16.3. The first-order valence-electron chi connectivity index (χ1n) is 9.51. The number of rotatable bonds is 5. The van der Waals surface area contributed by atoms with Crippen LogP contribution in [-0.2, 0) is 11.3 Å². The highest BCUT2D eigenvalue weighted by atomic mass is 16.2. The predicted molar refractivity (Wildman–Crippen MR) is 109 cm³/mol. The molecule has 0 radical (unpaired) electrons. The Morgan fingerprint density at radius 1 is 1.41 bits per heavy atom. The average molecular weight is 387 g/mol. The molecule has 1 amide bonds. The normalized spacial score (nSPS) is 16.7. The second-order valence-corrected chi connectivity index (χ2v) is 6.83. The van der Waals surface area contributed by atoms with E-state index >= 15 is 0 Å². The van der Waals surface area contributed by atoms with E-state index in [4.69, 9.17) is 4.98 Å². The lowest BCUT2D eigenvalue weighted by Crippen LogP contribution is -2.36. The third kappa shape index (κ3) is 3.48. The lowest BCUT2D eigenvalue weighted by Gasteiger charge is -2.15. The number of aryl methyl sites for hydroxylation is 2. The van der Waals surface area contributed by atoms with Crippen LogP contribution < -0.4 is 10.6 Å². The van der Waals surface area contributed by atoms with Gasteiger partial charge in [-0.1, -0.05) is 24.3 Å². The molecule has 2 aromatic heterocycles. The molecule has 1 aliphatic rings. The Hall–Kier alpha value is -3.57. The molecule has 8 nitrogen and oxygen atoms in total. The minimum atomic E-state index is -0.675. The highest BCUT2D eigenvalue weighted by Gasteiger charge is 2.26. The maximum Gasteiger partial charge on any atom is 0.247 e. The number of anilines is 1.